The molecule has 0 unspecified atom stereocenters. The first-order valence-electron chi connectivity index (χ1n) is 6.06. The molecule has 0 amide bonds. The van der Waals surface area contributed by atoms with Gasteiger partial charge in [0.15, 0.2) is 11.6 Å². The van der Waals surface area contributed by atoms with Crippen LogP contribution in [0.15, 0.2) is 47.6 Å². The van der Waals surface area contributed by atoms with Gasteiger partial charge in [0.25, 0.3) is 5.89 Å². The third-order valence-electron chi connectivity index (χ3n) is 2.84. The van der Waals surface area contributed by atoms with E-state index in [1.807, 2.05) is 0 Å². The molecular weight excluding hydrogens is 276 g/mol. The molecule has 0 aliphatic rings. The van der Waals surface area contributed by atoms with Crippen LogP contribution >= 0.6 is 0 Å². The van der Waals surface area contributed by atoms with Crippen molar-refractivity contribution in [2.45, 2.75) is 0 Å². The Morgan fingerprint density at radius 1 is 1.19 bits per heavy atom. The van der Waals surface area contributed by atoms with Crippen molar-refractivity contribution >= 4 is 6.08 Å². The Hall–Kier alpha value is -2.89. The van der Waals surface area contributed by atoms with Crippen LogP contribution in [0.5, 0.6) is 0 Å². The molecule has 0 saturated carbocycles. The van der Waals surface area contributed by atoms with Gasteiger partial charge >= 0.3 is 0 Å². The molecule has 0 fully saturated rings. The summed E-state index contributed by atoms with van der Waals surface area (Å²) in [4.78, 5) is 8.22. The molecule has 0 aliphatic carbocycles. The second-order valence-corrected chi connectivity index (χ2v) is 4.20. The van der Waals surface area contributed by atoms with E-state index in [2.05, 4.69) is 21.7 Å². The number of pyridine rings is 1. The van der Waals surface area contributed by atoms with Gasteiger partial charge in [-0.15, -0.1) is 0 Å². The third kappa shape index (κ3) is 2.43. The molecule has 3 rings (SSSR count). The Kier molecular flexibility index (Phi) is 3.27. The Morgan fingerprint density at radius 2 is 2.05 bits per heavy atom. The van der Waals surface area contributed by atoms with Crippen molar-refractivity contribution in [3.63, 3.8) is 0 Å². The number of rotatable bonds is 3. The van der Waals surface area contributed by atoms with Crippen LogP contribution in [0.4, 0.5) is 8.78 Å². The molecule has 4 nitrogen and oxygen atoms in total. The van der Waals surface area contributed by atoms with Crippen molar-refractivity contribution in [3.8, 4) is 23.0 Å². The molecule has 21 heavy (non-hydrogen) atoms. The van der Waals surface area contributed by atoms with Gasteiger partial charge in [0, 0.05) is 17.3 Å². The van der Waals surface area contributed by atoms with Crippen molar-refractivity contribution in [2.75, 3.05) is 0 Å². The molecule has 0 saturated heterocycles. The lowest BCUT2D eigenvalue weighted by Gasteiger charge is -2.01. The maximum absolute atomic E-state index is 13.5. The molecule has 0 N–H and O–H groups in total. The molecule has 3 aromatic rings. The fourth-order valence-corrected chi connectivity index (χ4v) is 1.82. The Morgan fingerprint density at radius 3 is 2.76 bits per heavy atom. The van der Waals surface area contributed by atoms with Crippen molar-refractivity contribution < 1.29 is 13.3 Å². The van der Waals surface area contributed by atoms with E-state index in [0.29, 0.717) is 5.69 Å². The molecule has 6 heteroatoms. The predicted molar refractivity (Wildman–Crippen MR) is 73.0 cm³/mol. The lowest BCUT2D eigenvalue weighted by molar-refractivity contribution is 0.431. The maximum atomic E-state index is 13.5. The van der Waals surface area contributed by atoms with Crippen molar-refractivity contribution in [1.29, 1.82) is 0 Å². The first-order chi connectivity index (χ1) is 10.2. The van der Waals surface area contributed by atoms with Crippen LogP contribution < -0.4 is 0 Å². The highest BCUT2D eigenvalue weighted by molar-refractivity contribution is 5.62. The second kappa shape index (κ2) is 5.24. The zero-order chi connectivity index (χ0) is 14.8. The third-order valence-corrected chi connectivity index (χ3v) is 2.84. The van der Waals surface area contributed by atoms with E-state index in [4.69, 9.17) is 4.52 Å². The molecule has 0 spiro atoms. The van der Waals surface area contributed by atoms with Gasteiger partial charge in [0.1, 0.15) is 5.69 Å². The highest BCUT2D eigenvalue weighted by Crippen LogP contribution is 2.25. The number of benzene rings is 1. The SMILES string of the molecule is C=Cc1cc(-c2nc(-c3ccccn3)no2)cc(F)c1F. The monoisotopic (exact) mass is 285 g/mol. The fourth-order valence-electron chi connectivity index (χ4n) is 1.82. The van der Waals surface area contributed by atoms with Crippen molar-refractivity contribution in [1.82, 2.24) is 15.1 Å². The van der Waals surface area contributed by atoms with Crippen molar-refractivity contribution in [3.05, 3.63) is 60.3 Å². The number of nitrogens with zero attached hydrogens (tertiary/aromatic N) is 3. The quantitative estimate of drug-likeness (QED) is 0.736. The summed E-state index contributed by atoms with van der Waals surface area (Å²) in [6.45, 7) is 3.44. The van der Waals surface area contributed by atoms with Gasteiger partial charge in [0.05, 0.1) is 0 Å². The minimum Gasteiger partial charge on any atom is -0.334 e. The summed E-state index contributed by atoms with van der Waals surface area (Å²) in [5.74, 6) is -1.61. The lowest BCUT2D eigenvalue weighted by atomic mass is 10.1. The van der Waals surface area contributed by atoms with Crippen LogP contribution in [0, 0.1) is 11.6 Å². The first kappa shape index (κ1) is 13.1. The summed E-state index contributed by atoms with van der Waals surface area (Å²) in [5.41, 5.74) is 0.833. The van der Waals surface area contributed by atoms with Gasteiger partial charge < -0.3 is 4.52 Å². The maximum Gasteiger partial charge on any atom is 0.258 e. The summed E-state index contributed by atoms with van der Waals surface area (Å²) in [5, 5.41) is 3.78. The minimum atomic E-state index is -1.00. The Balaban J connectivity index is 2.05. The summed E-state index contributed by atoms with van der Waals surface area (Å²) in [6, 6.07) is 7.65. The second-order valence-electron chi connectivity index (χ2n) is 4.20. The van der Waals surface area contributed by atoms with E-state index in [1.54, 1.807) is 24.4 Å². The number of hydrogen-bond acceptors (Lipinski definition) is 4. The van der Waals surface area contributed by atoms with Crippen LogP contribution in [-0.4, -0.2) is 15.1 Å². The molecule has 2 aromatic heterocycles. The average Bonchev–Trinajstić information content (AvgIpc) is 3.00. The molecule has 0 aliphatic heterocycles. The molecular formula is C15H9F2N3O. The van der Waals surface area contributed by atoms with Gasteiger partial charge in [-0.1, -0.05) is 23.9 Å². The smallest absolute Gasteiger partial charge is 0.258 e. The zero-order valence-corrected chi connectivity index (χ0v) is 10.8. The van der Waals surface area contributed by atoms with Crippen LogP contribution in [0.1, 0.15) is 5.56 Å². The number of halogens is 2. The Bertz CT molecular complexity index is 800. The number of hydrogen-bond donors (Lipinski definition) is 0. The molecule has 2 heterocycles. The standard InChI is InChI=1S/C15H9F2N3O/c1-2-9-7-10(8-11(16)13(9)17)15-19-14(20-21-15)12-5-3-4-6-18-12/h2-8H,1H2. The summed E-state index contributed by atoms with van der Waals surface area (Å²) < 4.78 is 32.0. The summed E-state index contributed by atoms with van der Waals surface area (Å²) in [6.07, 6.45) is 2.82. The number of aromatic nitrogens is 3. The van der Waals surface area contributed by atoms with E-state index in [-0.39, 0.29) is 22.8 Å². The van der Waals surface area contributed by atoms with Gasteiger partial charge in [0.2, 0.25) is 5.82 Å². The normalized spacial score (nSPS) is 10.6. The molecule has 0 atom stereocenters. The highest BCUT2D eigenvalue weighted by Gasteiger charge is 2.15. The minimum absolute atomic E-state index is 0.0302. The highest BCUT2D eigenvalue weighted by atomic mass is 19.2. The zero-order valence-electron chi connectivity index (χ0n) is 10.8. The largest absolute Gasteiger partial charge is 0.334 e. The average molecular weight is 285 g/mol. The molecule has 0 radical (unpaired) electrons. The van der Waals surface area contributed by atoms with E-state index in [9.17, 15) is 8.78 Å². The van der Waals surface area contributed by atoms with E-state index >= 15 is 0 Å². The topological polar surface area (TPSA) is 51.8 Å². The van der Waals surface area contributed by atoms with Gasteiger partial charge in [-0.05, 0) is 24.3 Å². The summed E-state index contributed by atoms with van der Waals surface area (Å²) in [7, 11) is 0. The van der Waals surface area contributed by atoms with Crippen LogP contribution in [0.3, 0.4) is 0 Å². The van der Waals surface area contributed by atoms with Crippen LogP contribution in [0.2, 0.25) is 0 Å². The summed E-state index contributed by atoms with van der Waals surface area (Å²) >= 11 is 0. The molecule has 104 valence electrons. The predicted octanol–water partition coefficient (Wildman–Crippen LogP) is 3.72. The van der Waals surface area contributed by atoms with Crippen molar-refractivity contribution in [2.24, 2.45) is 0 Å². The van der Waals surface area contributed by atoms with Gasteiger partial charge in [-0.3, -0.25) is 4.98 Å². The molecule has 1 aromatic carbocycles. The first-order valence-corrected chi connectivity index (χ1v) is 6.06. The lowest BCUT2D eigenvalue weighted by Crippen LogP contribution is -1.91. The van der Waals surface area contributed by atoms with Crippen LogP contribution in [0.25, 0.3) is 29.0 Å². The van der Waals surface area contributed by atoms with Gasteiger partial charge in [-0.2, -0.15) is 4.98 Å². The molecule has 0 bridgehead atoms. The van der Waals surface area contributed by atoms with E-state index in [0.717, 1.165) is 6.07 Å². The van der Waals surface area contributed by atoms with E-state index < -0.39 is 11.6 Å². The van der Waals surface area contributed by atoms with E-state index in [1.165, 1.54) is 12.1 Å². The van der Waals surface area contributed by atoms with Crippen LogP contribution in [-0.2, 0) is 0 Å². The Labute approximate surface area is 118 Å². The fraction of sp³-hybridized carbons (Fsp3) is 0. The van der Waals surface area contributed by atoms with Gasteiger partial charge in [-0.25, -0.2) is 8.78 Å².